The molecule has 3 nitrogen and oxygen atoms in total. The van der Waals surface area contributed by atoms with Crippen molar-refractivity contribution in [3.05, 3.63) is 36.4 Å². The van der Waals surface area contributed by atoms with E-state index in [4.69, 9.17) is 5.53 Å². The molecule has 0 unspecified atom stereocenters. The van der Waals surface area contributed by atoms with Crippen LogP contribution in [0.2, 0.25) is 0 Å². The predicted octanol–water partition coefficient (Wildman–Crippen LogP) is 3.21. The normalized spacial score (nSPS) is 10.2. The number of hydrogen-bond donors (Lipinski definition) is 2. The summed E-state index contributed by atoms with van der Waals surface area (Å²) < 4.78 is 0. The Balaban J connectivity index is 2.92. The van der Waals surface area contributed by atoms with E-state index in [1.54, 1.807) is 18.2 Å². The Morgan fingerprint density at radius 3 is 2.38 bits per heavy atom. The molecule has 0 fully saturated rings. The molecular weight excluding hydrogens is 164 g/mol. The Kier molecular flexibility index (Phi) is 1.70. The van der Waals surface area contributed by atoms with Crippen LogP contribution < -0.4 is 0 Å². The fourth-order valence-corrected chi connectivity index (χ4v) is 1.36. The van der Waals surface area contributed by atoms with Gasteiger partial charge in [0, 0.05) is 10.8 Å². The molecule has 0 spiro atoms. The Bertz CT molecular complexity index is 465. The van der Waals surface area contributed by atoms with Crippen LogP contribution in [-0.2, 0) is 0 Å². The summed E-state index contributed by atoms with van der Waals surface area (Å²) in [5.74, 6) is 0.225. The van der Waals surface area contributed by atoms with Crippen LogP contribution in [0.25, 0.3) is 10.8 Å². The van der Waals surface area contributed by atoms with Gasteiger partial charge >= 0.3 is 0 Å². The van der Waals surface area contributed by atoms with Gasteiger partial charge in [-0.2, -0.15) is 5.11 Å². The Hall–Kier alpha value is -1.90. The molecule has 0 aliphatic carbocycles. The molecule has 0 atom stereocenters. The van der Waals surface area contributed by atoms with Gasteiger partial charge in [0.2, 0.25) is 0 Å². The van der Waals surface area contributed by atoms with Crippen molar-refractivity contribution in [2.24, 2.45) is 5.11 Å². The van der Waals surface area contributed by atoms with Crippen LogP contribution in [0.4, 0.5) is 5.69 Å². The van der Waals surface area contributed by atoms with Gasteiger partial charge in [0.25, 0.3) is 0 Å². The van der Waals surface area contributed by atoms with E-state index >= 15 is 0 Å². The number of phenolic OH excluding ortho intramolecular Hbond substituents is 1. The minimum absolute atomic E-state index is 0.225. The van der Waals surface area contributed by atoms with Crippen molar-refractivity contribution < 1.29 is 5.11 Å². The van der Waals surface area contributed by atoms with Gasteiger partial charge in [-0.1, -0.05) is 24.3 Å². The minimum Gasteiger partial charge on any atom is -0.507 e. The lowest BCUT2D eigenvalue weighted by Crippen LogP contribution is -1.73. The van der Waals surface area contributed by atoms with Crippen molar-refractivity contribution >= 4 is 16.5 Å². The molecule has 0 amide bonds. The standard InChI is InChI=1S/C10H8N2O/c11-12-9-5-6-10(13)8-4-2-1-3-7(8)9/h1-6,11,13H. The molecule has 0 saturated carbocycles. The van der Waals surface area contributed by atoms with E-state index in [-0.39, 0.29) is 5.75 Å². The Labute approximate surface area is 75.1 Å². The molecule has 0 saturated heterocycles. The van der Waals surface area contributed by atoms with Gasteiger partial charge in [-0.05, 0) is 12.1 Å². The van der Waals surface area contributed by atoms with Crippen LogP contribution in [0, 0.1) is 5.53 Å². The van der Waals surface area contributed by atoms with E-state index in [2.05, 4.69) is 5.11 Å². The summed E-state index contributed by atoms with van der Waals surface area (Å²) in [7, 11) is 0. The smallest absolute Gasteiger partial charge is 0.123 e. The molecule has 2 rings (SSSR count). The topological polar surface area (TPSA) is 56.4 Å². The molecule has 2 aromatic rings. The van der Waals surface area contributed by atoms with E-state index in [1.165, 1.54) is 0 Å². The maximum Gasteiger partial charge on any atom is 0.123 e. The van der Waals surface area contributed by atoms with Gasteiger partial charge in [-0.25, -0.2) is 5.53 Å². The zero-order valence-electron chi connectivity index (χ0n) is 6.86. The minimum atomic E-state index is 0.225. The third-order valence-electron chi connectivity index (χ3n) is 2.00. The highest BCUT2D eigenvalue weighted by Crippen LogP contribution is 2.31. The molecule has 3 heteroatoms. The number of benzene rings is 2. The highest BCUT2D eigenvalue weighted by Gasteiger charge is 2.02. The lowest BCUT2D eigenvalue weighted by Gasteiger charge is -2.01. The highest BCUT2D eigenvalue weighted by atomic mass is 16.3. The molecule has 2 aromatic carbocycles. The fourth-order valence-electron chi connectivity index (χ4n) is 1.36. The first-order valence-corrected chi connectivity index (χ1v) is 3.91. The first kappa shape index (κ1) is 7.73. The molecule has 0 aliphatic heterocycles. The molecule has 64 valence electrons. The van der Waals surface area contributed by atoms with Gasteiger partial charge in [-0.15, -0.1) is 0 Å². The molecule has 0 bridgehead atoms. The second-order valence-corrected chi connectivity index (χ2v) is 2.76. The summed E-state index contributed by atoms with van der Waals surface area (Å²) in [5.41, 5.74) is 7.52. The molecule has 0 aliphatic rings. The van der Waals surface area contributed by atoms with Gasteiger partial charge in [0.1, 0.15) is 5.75 Å². The summed E-state index contributed by atoms with van der Waals surface area (Å²) in [5, 5.41) is 14.4. The molecule has 0 radical (unpaired) electrons. The van der Waals surface area contributed by atoms with Crippen molar-refractivity contribution in [1.82, 2.24) is 0 Å². The summed E-state index contributed by atoms with van der Waals surface area (Å²) in [6.07, 6.45) is 0. The average Bonchev–Trinajstić information content (AvgIpc) is 2.19. The lowest BCUT2D eigenvalue weighted by molar-refractivity contribution is 0.481. The molecule has 0 heterocycles. The molecule has 0 aromatic heterocycles. The maximum absolute atomic E-state index is 9.49. The number of fused-ring (bicyclic) bond motifs is 1. The number of phenols is 1. The number of nitrogens with one attached hydrogen (secondary N) is 1. The zero-order chi connectivity index (χ0) is 9.26. The second kappa shape index (κ2) is 2.86. The van der Waals surface area contributed by atoms with Crippen LogP contribution >= 0.6 is 0 Å². The van der Waals surface area contributed by atoms with Crippen LogP contribution in [0.3, 0.4) is 0 Å². The summed E-state index contributed by atoms with van der Waals surface area (Å²) in [4.78, 5) is 0. The van der Waals surface area contributed by atoms with E-state index in [9.17, 15) is 5.11 Å². The van der Waals surface area contributed by atoms with E-state index in [1.807, 2.05) is 18.2 Å². The van der Waals surface area contributed by atoms with Gasteiger partial charge in [0.15, 0.2) is 0 Å². The van der Waals surface area contributed by atoms with Crippen molar-refractivity contribution in [1.29, 1.82) is 5.53 Å². The maximum atomic E-state index is 9.49. The van der Waals surface area contributed by atoms with Crippen LogP contribution in [0.5, 0.6) is 5.75 Å². The predicted molar refractivity (Wildman–Crippen MR) is 50.4 cm³/mol. The fraction of sp³-hybridized carbons (Fsp3) is 0. The third-order valence-corrected chi connectivity index (χ3v) is 2.00. The number of nitrogens with zero attached hydrogens (tertiary/aromatic N) is 1. The van der Waals surface area contributed by atoms with Crippen molar-refractivity contribution in [2.75, 3.05) is 0 Å². The average molecular weight is 172 g/mol. The van der Waals surface area contributed by atoms with Gasteiger partial charge in [-0.3, -0.25) is 0 Å². The largest absolute Gasteiger partial charge is 0.507 e. The molecule has 13 heavy (non-hydrogen) atoms. The Morgan fingerprint density at radius 1 is 1.00 bits per heavy atom. The monoisotopic (exact) mass is 172 g/mol. The zero-order valence-corrected chi connectivity index (χ0v) is 6.86. The van der Waals surface area contributed by atoms with Crippen LogP contribution in [0.15, 0.2) is 41.5 Å². The van der Waals surface area contributed by atoms with Crippen molar-refractivity contribution in [3.8, 4) is 5.75 Å². The van der Waals surface area contributed by atoms with E-state index < -0.39 is 0 Å². The Morgan fingerprint density at radius 2 is 1.69 bits per heavy atom. The lowest BCUT2D eigenvalue weighted by atomic mass is 10.1. The van der Waals surface area contributed by atoms with Crippen molar-refractivity contribution in [2.45, 2.75) is 0 Å². The summed E-state index contributed by atoms with van der Waals surface area (Å²) in [6, 6.07) is 10.5. The summed E-state index contributed by atoms with van der Waals surface area (Å²) in [6.45, 7) is 0. The second-order valence-electron chi connectivity index (χ2n) is 2.76. The van der Waals surface area contributed by atoms with E-state index in [0.717, 1.165) is 10.8 Å². The van der Waals surface area contributed by atoms with Gasteiger partial charge < -0.3 is 5.11 Å². The number of aromatic hydroxyl groups is 1. The van der Waals surface area contributed by atoms with Crippen LogP contribution in [0.1, 0.15) is 0 Å². The SMILES string of the molecule is N=Nc1ccc(O)c2ccccc12. The van der Waals surface area contributed by atoms with Gasteiger partial charge in [0.05, 0.1) is 5.69 Å². The first-order valence-electron chi connectivity index (χ1n) is 3.91. The number of hydrogen-bond acceptors (Lipinski definition) is 3. The van der Waals surface area contributed by atoms with Crippen LogP contribution in [-0.4, -0.2) is 5.11 Å². The highest BCUT2D eigenvalue weighted by molar-refractivity contribution is 5.96. The summed E-state index contributed by atoms with van der Waals surface area (Å²) >= 11 is 0. The first-order chi connectivity index (χ1) is 6.33. The number of rotatable bonds is 1. The van der Waals surface area contributed by atoms with E-state index in [0.29, 0.717) is 5.69 Å². The molecule has 2 N–H and O–H groups in total. The molecular formula is C10H8N2O. The van der Waals surface area contributed by atoms with Crippen molar-refractivity contribution in [3.63, 3.8) is 0 Å². The quantitative estimate of drug-likeness (QED) is 0.637. The third kappa shape index (κ3) is 1.14.